The van der Waals surface area contributed by atoms with Gasteiger partial charge in [-0.3, -0.25) is 4.79 Å². The normalized spacial score (nSPS) is 13.4. The molecule has 5 heteroatoms. The third-order valence-electron chi connectivity index (χ3n) is 1.82. The van der Waals surface area contributed by atoms with Gasteiger partial charge in [0.05, 0.1) is 6.67 Å². The monoisotopic (exact) mass is 166 g/mol. The Labute approximate surface area is 69.2 Å². The number of fused-ring (bicyclic) bond motifs is 1. The minimum atomic E-state index is -0.0955. The standard InChI is InChI=1S/C7H10N4O/c1-2-4-10-6-5(7(12)11-4)8-3-9-6/h8H,2-3H2,1H3,(H2,9,10,11,12). The summed E-state index contributed by atoms with van der Waals surface area (Å²) >= 11 is 0. The second-order valence-corrected chi connectivity index (χ2v) is 2.62. The van der Waals surface area contributed by atoms with Crippen molar-refractivity contribution in [3.8, 4) is 0 Å². The van der Waals surface area contributed by atoms with Crippen molar-refractivity contribution in [2.75, 3.05) is 17.3 Å². The van der Waals surface area contributed by atoms with Crippen LogP contribution in [0.4, 0.5) is 11.5 Å². The number of H-pyrrole nitrogens is 1. The van der Waals surface area contributed by atoms with Gasteiger partial charge in [0.1, 0.15) is 11.5 Å². The van der Waals surface area contributed by atoms with Gasteiger partial charge in [0.15, 0.2) is 5.82 Å². The van der Waals surface area contributed by atoms with Crippen molar-refractivity contribution >= 4 is 11.5 Å². The van der Waals surface area contributed by atoms with Gasteiger partial charge in [0, 0.05) is 6.42 Å². The topological polar surface area (TPSA) is 69.8 Å². The van der Waals surface area contributed by atoms with Crippen LogP contribution in [0.1, 0.15) is 12.7 Å². The van der Waals surface area contributed by atoms with Crippen molar-refractivity contribution < 1.29 is 0 Å². The van der Waals surface area contributed by atoms with Gasteiger partial charge in [-0.05, 0) is 0 Å². The van der Waals surface area contributed by atoms with Crippen molar-refractivity contribution in [2.45, 2.75) is 13.3 Å². The largest absolute Gasteiger partial charge is 0.360 e. The van der Waals surface area contributed by atoms with Gasteiger partial charge in [0.25, 0.3) is 5.56 Å². The summed E-state index contributed by atoms with van der Waals surface area (Å²) in [7, 11) is 0. The summed E-state index contributed by atoms with van der Waals surface area (Å²) in [6, 6.07) is 0. The van der Waals surface area contributed by atoms with Crippen molar-refractivity contribution in [3.63, 3.8) is 0 Å². The first kappa shape index (κ1) is 7.15. The lowest BCUT2D eigenvalue weighted by Crippen LogP contribution is -2.13. The molecule has 0 radical (unpaired) electrons. The number of hydrogen-bond donors (Lipinski definition) is 3. The van der Waals surface area contributed by atoms with E-state index in [1.165, 1.54) is 0 Å². The second-order valence-electron chi connectivity index (χ2n) is 2.62. The Bertz CT molecular complexity index is 357. The van der Waals surface area contributed by atoms with Crippen LogP contribution >= 0.6 is 0 Å². The van der Waals surface area contributed by atoms with Crippen LogP contribution in [0, 0.1) is 0 Å². The van der Waals surface area contributed by atoms with E-state index in [2.05, 4.69) is 20.6 Å². The van der Waals surface area contributed by atoms with E-state index in [4.69, 9.17) is 0 Å². The summed E-state index contributed by atoms with van der Waals surface area (Å²) in [5, 5.41) is 5.88. The summed E-state index contributed by atoms with van der Waals surface area (Å²) in [4.78, 5) is 18.2. The molecule has 2 rings (SSSR count). The minimum absolute atomic E-state index is 0.0955. The Hall–Kier alpha value is -1.52. The maximum atomic E-state index is 11.3. The first-order chi connectivity index (χ1) is 5.81. The maximum Gasteiger partial charge on any atom is 0.276 e. The molecule has 0 amide bonds. The van der Waals surface area contributed by atoms with Crippen LogP contribution in [-0.4, -0.2) is 16.6 Å². The molecule has 0 aromatic carbocycles. The smallest absolute Gasteiger partial charge is 0.276 e. The summed E-state index contributed by atoms with van der Waals surface area (Å²) < 4.78 is 0. The molecular formula is C7H10N4O. The van der Waals surface area contributed by atoms with Gasteiger partial charge in [-0.1, -0.05) is 6.92 Å². The molecule has 3 N–H and O–H groups in total. The number of aryl methyl sites for hydroxylation is 1. The fraction of sp³-hybridized carbons (Fsp3) is 0.429. The second kappa shape index (κ2) is 2.51. The SMILES string of the molecule is CCc1nc2c(c(=O)[nH]1)NCN2. The molecule has 1 aliphatic rings. The van der Waals surface area contributed by atoms with Crippen LogP contribution in [0.5, 0.6) is 0 Å². The Morgan fingerprint density at radius 1 is 1.50 bits per heavy atom. The first-order valence-corrected chi connectivity index (χ1v) is 3.92. The van der Waals surface area contributed by atoms with E-state index < -0.39 is 0 Å². The lowest BCUT2D eigenvalue weighted by atomic mass is 10.4. The number of aromatic amines is 1. The summed E-state index contributed by atoms with van der Waals surface area (Å²) in [6.45, 7) is 2.53. The van der Waals surface area contributed by atoms with E-state index in [9.17, 15) is 4.79 Å². The van der Waals surface area contributed by atoms with E-state index in [-0.39, 0.29) is 5.56 Å². The number of rotatable bonds is 1. The Morgan fingerprint density at radius 2 is 2.33 bits per heavy atom. The average molecular weight is 166 g/mol. The summed E-state index contributed by atoms with van der Waals surface area (Å²) in [5.41, 5.74) is 0.453. The predicted molar refractivity (Wildman–Crippen MR) is 46.3 cm³/mol. The van der Waals surface area contributed by atoms with Crippen LogP contribution in [0.15, 0.2) is 4.79 Å². The molecule has 0 fully saturated rings. The Balaban J connectivity index is 2.59. The Kier molecular flexibility index (Phi) is 1.49. The van der Waals surface area contributed by atoms with E-state index in [0.29, 0.717) is 18.2 Å². The van der Waals surface area contributed by atoms with Crippen molar-refractivity contribution in [2.24, 2.45) is 0 Å². The zero-order valence-electron chi connectivity index (χ0n) is 6.77. The number of hydrogen-bond acceptors (Lipinski definition) is 4. The van der Waals surface area contributed by atoms with Crippen molar-refractivity contribution in [1.29, 1.82) is 0 Å². The van der Waals surface area contributed by atoms with E-state index in [1.54, 1.807) is 0 Å². The van der Waals surface area contributed by atoms with Gasteiger partial charge in [-0.15, -0.1) is 0 Å². The van der Waals surface area contributed by atoms with Gasteiger partial charge in [0.2, 0.25) is 0 Å². The quantitative estimate of drug-likeness (QED) is 0.554. The van der Waals surface area contributed by atoms with E-state index in [0.717, 1.165) is 12.2 Å². The molecule has 0 atom stereocenters. The molecule has 0 bridgehead atoms. The molecule has 2 heterocycles. The van der Waals surface area contributed by atoms with Gasteiger partial charge in [-0.25, -0.2) is 4.98 Å². The van der Waals surface area contributed by atoms with Gasteiger partial charge in [-0.2, -0.15) is 0 Å². The van der Waals surface area contributed by atoms with Gasteiger partial charge < -0.3 is 15.6 Å². The fourth-order valence-electron chi connectivity index (χ4n) is 1.20. The highest BCUT2D eigenvalue weighted by Gasteiger charge is 2.14. The van der Waals surface area contributed by atoms with E-state index >= 15 is 0 Å². The lowest BCUT2D eigenvalue weighted by molar-refractivity contribution is 0.930. The maximum absolute atomic E-state index is 11.3. The molecule has 0 unspecified atom stereocenters. The number of nitrogens with one attached hydrogen (secondary N) is 3. The number of anilines is 2. The van der Waals surface area contributed by atoms with Gasteiger partial charge >= 0.3 is 0 Å². The molecule has 1 aromatic rings. The zero-order chi connectivity index (χ0) is 8.55. The highest BCUT2D eigenvalue weighted by molar-refractivity contribution is 5.67. The Morgan fingerprint density at radius 3 is 3.08 bits per heavy atom. The zero-order valence-corrected chi connectivity index (χ0v) is 6.77. The molecule has 12 heavy (non-hydrogen) atoms. The molecule has 0 spiro atoms. The van der Waals surface area contributed by atoms with Crippen molar-refractivity contribution in [1.82, 2.24) is 9.97 Å². The molecular weight excluding hydrogens is 156 g/mol. The lowest BCUT2D eigenvalue weighted by Gasteiger charge is -1.99. The van der Waals surface area contributed by atoms with Crippen LogP contribution in [0.25, 0.3) is 0 Å². The molecule has 0 saturated heterocycles. The molecule has 64 valence electrons. The fourth-order valence-corrected chi connectivity index (χ4v) is 1.20. The average Bonchev–Trinajstić information content (AvgIpc) is 2.52. The third-order valence-corrected chi connectivity index (χ3v) is 1.82. The van der Waals surface area contributed by atoms with Crippen LogP contribution < -0.4 is 16.2 Å². The molecule has 0 saturated carbocycles. The molecule has 5 nitrogen and oxygen atoms in total. The summed E-state index contributed by atoms with van der Waals surface area (Å²) in [6.07, 6.45) is 0.740. The first-order valence-electron chi connectivity index (χ1n) is 3.92. The predicted octanol–water partition coefficient (Wildman–Crippen LogP) is 0.127. The number of aromatic nitrogens is 2. The number of nitrogens with zero attached hydrogens (tertiary/aromatic N) is 1. The molecule has 0 aliphatic carbocycles. The highest BCUT2D eigenvalue weighted by Crippen LogP contribution is 2.17. The van der Waals surface area contributed by atoms with E-state index in [1.807, 2.05) is 6.92 Å². The molecule has 1 aromatic heterocycles. The van der Waals surface area contributed by atoms with Crippen LogP contribution in [-0.2, 0) is 6.42 Å². The summed E-state index contributed by atoms with van der Waals surface area (Å²) in [5.74, 6) is 1.38. The minimum Gasteiger partial charge on any atom is -0.360 e. The molecule has 1 aliphatic heterocycles. The van der Waals surface area contributed by atoms with Crippen molar-refractivity contribution in [3.05, 3.63) is 16.2 Å². The van der Waals surface area contributed by atoms with Crippen LogP contribution in [0.3, 0.4) is 0 Å². The highest BCUT2D eigenvalue weighted by atomic mass is 16.1. The van der Waals surface area contributed by atoms with Crippen LogP contribution in [0.2, 0.25) is 0 Å². The third kappa shape index (κ3) is 0.939.